The first-order chi connectivity index (χ1) is 10.8. The van der Waals surface area contributed by atoms with Crippen LogP contribution in [0, 0.1) is 10.4 Å². The third-order valence-electron chi connectivity index (χ3n) is 4.57. The van der Waals surface area contributed by atoms with Crippen LogP contribution in [0.1, 0.15) is 0 Å². The molecule has 0 fully saturated rings. The quantitative estimate of drug-likeness (QED) is 0.436. The van der Waals surface area contributed by atoms with E-state index in [1.807, 2.05) is 54.6 Å². The van der Waals surface area contributed by atoms with Gasteiger partial charge in [0.15, 0.2) is 10.9 Å². The molecule has 2 aliphatic carbocycles. The monoisotopic (exact) mass is 282 g/mol. The zero-order valence-electron chi connectivity index (χ0n) is 11.6. The zero-order valence-corrected chi connectivity index (χ0v) is 11.6. The molecule has 0 radical (unpaired) electrons. The summed E-state index contributed by atoms with van der Waals surface area (Å²) in [6, 6.07) is 19.1. The van der Waals surface area contributed by atoms with Crippen molar-refractivity contribution < 1.29 is 0 Å². The molecule has 22 heavy (non-hydrogen) atoms. The summed E-state index contributed by atoms with van der Waals surface area (Å²) in [5.41, 5.74) is -0.0620. The number of hydrogen-bond acceptors (Lipinski definition) is 2. The van der Waals surface area contributed by atoms with Crippen LogP contribution in [0.3, 0.4) is 0 Å². The van der Waals surface area contributed by atoms with Crippen molar-refractivity contribution in [3.63, 3.8) is 0 Å². The summed E-state index contributed by atoms with van der Waals surface area (Å²) in [6.07, 6.45) is 0. The molecule has 0 aliphatic heterocycles. The zero-order chi connectivity index (χ0) is 14.8. The van der Waals surface area contributed by atoms with Crippen molar-refractivity contribution in [3.05, 3.63) is 91.5 Å². The molecule has 0 aromatic heterocycles. The first-order valence-corrected chi connectivity index (χ1v) is 7.22. The fraction of sp³-hybridized carbons (Fsp3) is 0. The predicted octanol–water partition coefficient (Wildman–Crippen LogP) is 3.47. The molecule has 0 atom stereocenters. The Hall–Kier alpha value is -3.00. The van der Waals surface area contributed by atoms with Gasteiger partial charge in [0, 0.05) is 21.2 Å². The molecule has 0 bridgehead atoms. The third kappa shape index (κ3) is 1.21. The van der Waals surface area contributed by atoms with E-state index >= 15 is 0 Å². The van der Waals surface area contributed by atoms with Crippen molar-refractivity contribution in [1.29, 1.82) is 0 Å². The van der Waals surface area contributed by atoms with Crippen LogP contribution in [0.2, 0.25) is 0 Å². The summed E-state index contributed by atoms with van der Waals surface area (Å²) < 4.78 is 0. The molecule has 2 nitrogen and oxygen atoms in total. The van der Waals surface area contributed by atoms with E-state index in [-0.39, 0.29) is 10.9 Å². The Bertz CT molecular complexity index is 1350. The highest BCUT2D eigenvalue weighted by molar-refractivity contribution is 6.09. The van der Waals surface area contributed by atoms with Gasteiger partial charge in [0.1, 0.15) is 0 Å². The Morgan fingerprint density at radius 2 is 1.14 bits per heavy atom. The average molecular weight is 282 g/mol. The molecule has 102 valence electrons. The van der Waals surface area contributed by atoms with Crippen molar-refractivity contribution in [2.24, 2.45) is 0 Å². The summed E-state index contributed by atoms with van der Waals surface area (Å²) in [6.45, 7) is 0. The summed E-state index contributed by atoms with van der Waals surface area (Å²) in [4.78, 5) is 25.7. The molecule has 5 rings (SSSR count). The van der Waals surface area contributed by atoms with Crippen LogP contribution in [0.15, 0.2) is 70.3 Å². The van der Waals surface area contributed by atoms with Gasteiger partial charge in [0.25, 0.3) is 0 Å². The van der Waals surface area contributed by atoms with Gasteiger partial charge >= 0.3 is 0 Å². The molecule has 3 aromatic carbocycles. The maximum absolute atomic E-state index is 13.0. The molecule has 2 aliphatic rings. The lowest BCUT2D eigenvalue weighted by atomic mass is 10.0. The van der Waals surface area contributed by atoms with E-state index in [1.54, 1.807) is 6.07 Å². The third-order valence-corrected chi connectivity index (χ3v) is 4.57. The Labute approximate surface area is 124 Å². The van der Waals surface area contributed by atoms with Crippen molar-refractivity contribution in [2.75, 3.05) is 0 Å². The standard InChI is InChI=1S/C20H10O2/c21-19-14-8-4-3-7-13(14)17-18(19)15-10-9-11-5-1-2-6-12(11)16(15)20(17)22/h1-10H. The Morgan fingerprint density at radius 1 is 0.500 bits per heavy atom. The summed E-state index contributed by atoms with van der Waals surface area (Å²) in [7, 11) is 0. The van der Waals surface area contributed by atoms with Crippen molar-refractivity contribution in [1.82, 2.24) is 0 Å². The van der Waals surface area contributed by atoms with Crippen LogP contribution < -0.4 is 10.9 Å². The smallest absolute Gasteiger partial charge is 0.195 e. The lowest BCUT2D eigenvalue weighted by Crippen LogP contribution is -1.97. The molecule has 0 saturated heterocycles. The average Bonchev–Trinajstić information content (AvgIpc) is 3.03. The van der Waals surface area contributed by atoms with Crippen molar-refractivity contribution >= 4 is 32.3 Å². The van der Waals surface area contributed by atoms with Crippen LogP contribution in [0.4, 0.5) is 0 Å². The van der Waals surface area contributed by atoms with E-state index in [9.17, 15) is 9.59 Å². The Morgan fingerprint density at radius 3 is 1.95 bits per heavy atom. The maximum atomic E-state index is 13.0. The number of fused-ring (bicyclic) bond motifs is 6. The van der Waals surface area contributed by atoms with Gasteiger partial charge in [0.05, 0.1) is 0 Å². The second-order valence-corrected chi connectivity index (χ2v) is 5.66. The summed E-state index contributed by atoms with van der Waals surface area (Å²) in [5.74, 6) is 0. The minimum Gasteiger partial charge on any atom is -0.289 e. The molecule has 3 aromatic rings. The van der Waals surface area contributed by atoms with E-state index in [4.69, 9.17) is 0 Å². The van der Waals surface area contributed by atoms with Crippen molar-refractivity contribution in [3.8, 4) is 0 Å². The topological polar surface area (TPSA) is 34.1 Å². The van der Waals surface area contributed by atoms with Crippen LogP contribution >= 0.6 is 0 Å². The van der Waals surface area contributed by atoms with Crippen LogP contribution in [-0.4, -0.2) is 0 Å². The summed E-state index contributed by atoms with van der Waals surface area (Å²) in [5, 5.41) is 5.96. The Kier molecular flexibility index (Phi) is 2.01. The maximum Gasteiger partial charge on any atom is 0.195 e. The molecule has 0 unspecified atom stereocenters. The van der Waals surface area contributed by atoms with E-state index in [2.05, 4.69) is 0 Å². The van der Waals surface area contributed by atoms with Crippen molar-refractivity contribution in [2.45, 2.75) is 0 Å². The molecule has 0 amide bonds. The molecule has 2 heteroatoms. The van der Waals surface area contributed by atoms with Crippen LogP contribution in [-0.2, 0) is 0 Å². The summed E-state index contributed by atoms with van der Waals surface area (Å²) >= 11 is 0. The SMILES string of the molecule is O=c1c2c3ccc4ccccc4c3c(=O)c=2c2ccccc12. The van der Waals surface area contributed by atoms with Gasteiger partial charge in [-0.1, -0.05) is 60.7 Å². The van der Waals surface area contributed by atoms with E-state index in [1.165, 1.54) is 0 Å². The van der Waals surface area contributed by atoms with E-state index in [0.29, 0.717) is 21.2 Å². The minimum absolute atomic E-state index is 0.0277. The molecule has 0 N–H and O–H groups in total. The minimum atomic E-state index is -0.0343. The van der Waals surface area contributed by atoms with Crippen LogP contribution in [0.25, 0.3) is 32.3 Å². The highest BCUT2D eigenvalue weighted by atomic mass is 16.1. The predicted molar refractivity (Wildman–Crippen MR) is 89.2 cm³/mol. The van der Waals surface area contributed by atoms with E-state index < -0.39 is 0 Å². The van der Waals surface area contributed by atoms with Gasteiger partial charge in [-0.2, -0.15) is 0 Å². The highest BCUT2D eigenvalue weighted by Gasteiger charge is 2.17. The van der Waals surface area contributed by atoms with Gasteiger partial charge < -0.3 is 0 Å². The van der Waals surface area contributed by atoms with E-state index in [0.717, 1.165) is 21.5 Å². The number of rotatable bonds is 0. The van der Waals surface area contributed by atoms with Gasteiger partial charge in [-0.3, -0.25) is 9.59 Å². The van der Waals surface area contributed by atoms with Gasteiger partial charge in [0.2, 0.25) is 0 Å². The van der Waals surface area contributed by atoms with Crippen LogP contribution in [0.5, 0.6) is 0 Å². The fourth-order valence-electron chi connectivity index (χ4n) is 3.62. The van der Waals surface area contributed by atoms with Gasteiger partial charge in [-0.15, -0.1) is 0 Å². The highest BCUT2D eigenvalue weighted by Crippen LogP contribution is 2.26. The normalized spacial score (nSPS) is 12.0. The first kappa shape index (κ1) is 11.6. The van der Waals surface area contributed by atoms with Gasteiger partial charge in [-0.05, 0) is 21.5 Å². The second-order valence-electron chi connectivity index (χ2n) is 5.66. The second kappa shape index (κ2) is 3.80. The first-order valence-electron chi connectivity index (χ1n) is 7.22. The Balaban J connectivity index is 2.25. The molecular formula is C20H10O2. The molecule has 0 spiro atoms. The van der Waals surface area contributed by atoms with Gasteiger partial charge in [-0.25, -0.2) is 0 Å². The fourth-order valence-corrected chi connectivity index (χ4v) is 3.62. The number of benzene rings is 3. The largest absolute Gasteiger partial charge is 0.289 e. The lowest BCUT2D eigenvalue weighted by Gasteiger charge is -1.98. The molecule has 0 heterocycles. The molecular weight excluding hydrogens is 272 g/mol. The molecule has 0 saturated carbocycles. The number of hydrogen-bond donors (Lipinski definition) is 0. The lowest BCUT2D eigenvalue weighted by molar-refractivity contribution is 1.63.